The standard InChI is InChI=1S/C18H17FN2/c19-18-9-14(11-20)8-15(10-18)12-21-7-6-17(13-21)16-4-2-1-3-5-16/h1-5,8-10,17H,6-7,12-13H2. The number of halogens is 1. The number of nitrogens with zero attached hydrogens (tertiary/aromatic N) is 2. The Bertz CT molecular complexity index is 661. The van der Waals surface area contributed by atoms with Crippen LogP contribution in [-0.4, -0.2) is 18.0 Å². The molecule has 1 fully saturated rings. The summed E-state index contributed by atoms with van der Waals surface area (Å²) in [4.78, 5) is 2.33. The van der Waals surface area contributed by atoms with Crippen molar-refractivity contribution >= 4 is 0 Å². The van der Waals surface area contributed by atoms with Crippen molar-refractivity contribution in [3.63, 3.8) is 0 Å². The lowest BCUT2D eigenvalue weighted by molar-refractivity contribution is 0.326. The van der Waals surface area contributed by atoms with E-state index in [-0.39, 0.29) is 5.82 Å². The van der Waals surface area contributed by atoms with Crippen molar-refractivity contribution in [1.82, 2.24) is 4.90 Å². The van der Waals surface area contributed by atoms with E-state index < -0.39 is 0 Å². The van der Waals surface area contributed by atoms with Gasteiger partial charge in [0.05, 0.1) is 11.6 Å². The molecule has 0 aliphatic carbocycles. The molecule has 0 saturated carbocycles. The van der Waals surface area contributed by atoms with Crippen LogP contribution in [-0.2, 0) is 6.54 Å². The molecule has 1 heterocycles. The second-order valence-electron chi connectivity index (χ2n) is 5.59. The fourth-order valence-electron chi connectivity index (χ4n) is 3.04. The number of nitriles is 1. The van der Waals surface area contributed by atoms with Crippen LogP contribution in [0.1, 0.15) is 29.0 Å². The van der Waals surface area contributed by atoms with Gasteiger partial charge in [-0.05, 0) is 48.2 Å². The number of rotatable bonds is 3. The number of benzene rings is 2. The van der Waals surface area contributed by atoms with Gasteiger partial charge >= 0.3 is 0 Å². The minimum absolute atomic E-state index is 0.331. The summed E-state index contributed by atoms with van der Waals surface area (Å²) < 4.78 is 13.5. The van der Waals surface area contributed by atoms with Crippen molar-refractivity contribution in [2.24, 2.45) is 0 Å². The van der Waals surface area contributed by atoms with Gasteiger partial charge in [-0.15, -0.1) is 0 Å². The van der Waals surface area contributed by atoms with E-state index in [1.54, 1.807) is 6.07 Å². The van der Waals surface area contributed by atoms with Gasteiger partial charge in [-0.3, -0.25) is 4.90 Å². The van der Waals surface area contributed by atoms with E-state index in [9.17, 15) is 4.39 Å². The highest BCUT2D eigenvalue weighted by Crippen LogP contribution is 2.28. The zero-order valence-corrected chi connectivity index (χ0v) is 11.8. The summed E-state index contributed by atoms with van der Waals surface area (Å²) in [5.74, 6) is 0.220. The molecule has 3 heteroatoms. The van der Waals surface area contributed by atoms with Crippen LogP contribution in [0.4, 0.5) is 4.39 Å². The highest BCUT2D eigenvalue weighted by Gasteiger charge is 2.23. The maximum absolute atomic E-state index is 13.5. The summed E-state index contributed by atoms with van der Waals surface area (Å²) in [6, 6.07) is 17.1. The molecule has 2 aromatic carbocycles. The lowest BCUT2D eigenvalue weighted by Gasteiger charge is -2.16. The Morgan fingerprint density at radius 2 is 2.00 bits per heavy atom. The van der Waals surface area contributed by atoms with Crippen LogP contribution in [0.25, 0.3) is 0 Å². The molecule has 1 atom stereocenters. The SMILES string of the molecule is N#Cc1cc(F)cc(CN2CCC(c3ccccc3)C2)c1. The first-order valence-electron chi connectivity index (χ1n) is 7.21. The maximum atomic E-state index is 13.5. The molecule has 0 bridgehead atoms. The van der Waals surface area contributed by atoms with Crippen LogP contribution in [0.2, 0.25) is 0 Å². The van der Waals surface area contributed by atoms with Gasteiger partial charge in [-0.2, -0.15) is 5.26 Å². The van der Waals surface area contributed by atoms with Gasteiger partial charge in [0.25, 0.3) is 0 Å². The van der Waals surface area contributed by atoms with E-state index >= 15 is 0 Å². The molecule has 1 saturated heterocycles. The summed E-state index contributed by atoms with van der Waals surface area (Å²) in [5.41, 5.74) is 2.64. The number of likely N-dealkylation sites (tertiary alicyclic amines) is 1. The molecule has 1 unspecified atom stereocenters. The van der Waals surface area contributed by atoms with Crippen molar-refractivity contribution in [2.75, 3.05) is 13.1 Å². The molecule has 0 amide bonds. The summed E-state index contributed by atoms with van der Waals surface area (Å²) >= 11 is 0. The molecule has 0 spiro atoms. The lowest BCUT2D eigenvalue weighted by atomic mass is 9.99. The van der Waals surface area contributed by atoms with E-state index in [4.69, 9.17) is 5.26 Å². The Morgan fingerprint density at radius 3 is 2.76 bits per heavy atom. The smallest absolute Gasteiger partial charge is 0.124 e. The van der Waals surface area contributed by atoms with E-state index in [0.29, 0.717) is 18.0 Å². The minimum Gasteiger partial charge on any atom is -0.298 e. The van der Waals surface area contributed by atoms with Crippen molar-refractivity contribution in [1.29, 1.82) is 5.26 Å². The van der Waals surface area contributed by atoms with Crippen LogP contribution in [0.15, 0.2) is 48.5 Å². The first-order valence-corrected chi connectivity index (χ1v) is 7.21. The molecular formula is C18H17FN2. The highest BCUT2D eigenvalue weighted by molar-refractivity contribution is 5.33. The summed E-state index contributed by atoms with van der Waals surface area (Å²) in [7, 11) is 0. The normalized spacial score (nSPS) is 18.6. The van der Waals surface area contributed by atoms with Crippen LogP contribution in [0.5, 0.6) is 0 Å². The second-order valence-corrected chi connectivity index (χ2v) is 5.59. The molecule has 3 rings (SSSR count). The third-order valence-electron chi connectivity index (χ3n) is 4.04. The fourth-order valence-corrected chi connectivity index (χ4v) is 3.04. The Labute approximate surface area is 124 Å². The third-order valence-corrected chi connectivity index (χ3v) is 4.04. The summed E-state index contributed by atoms with van der Waals surface area (Å²) in [5, 5.41) is 8.91. The average molecular weight is 280 g/mol. The molecule has 2 aromatic rings. The zero-order chi connectivity index (χ0) is 14.7. The summed E-state index contributed by atoms with van der Waals surface area (Å²) in [6.45, 7) is 2.70. The second kappa shape index (κ2) is 6.07. The molecule has 106 valence electrons. The van der Waals surface area contributed by atoms with Gasteiger partial charge in [0.1, 0.15) is 5.82 Å². The third kappa shape index (κ3) is 3.29. The first kappa shape index (κ1) is 13.8. The van der Waals surface area contributed by atoms with Crippen molar-refractivity contribution in [3.8, 4) is 6.07 Å². The quantitative estimate of drug-likeness (QED) is 0.857. The van der Waals surface area contributed by atoms with Gasteiger partial charge in [-0.1, -0.05) is 30.3 Å². The maximum Gasteiger partial charge on any atom is 0.124 e. The highest BCUT2D eigenvalue weighted by atomic mass is 19.1. The van der Waals surface area contributed by atoms with Gasteiger partial charge in [0, 0.05) is 13.1 Å². The van der Waals surface area contributed by atoms with Crippen molar-refractivity contribution in [3.05, 3.63) is 71.0 Å². The predicted molar refractivity (Wildman–Crippen MR) is 80.2 cm³/mol. The van der Waals surface area contributed by atoms with Crippen LogP contribution >= 0.6 is 0 Å². The van der Waals surface area contributed by atoms with Crippen LogP contribution in [0, 0.1) is 17.1 Å². The van der Waals surface area contributed by atoms with Gasteiger partial charge < -0.3 is 0 Å². The topological polar surface area (TPSA) is 27.0 Å². The van der Waals surface area contributed by atoms with Crippen molar-refractivity contribution < 1.29 is 4.39 Å². The molecule has 1 aliphatic heterocycles. The van der Waals surface area contributed by atoms with E-state index in [1.165, 1.54) is 17.7 Å². The molecule has 21 heavy (non-hydrogen) atoms. The Hall–Kier alpha value is -2.18. The minimum atomic E-state index is -0.331. The monoisotopic (exact) mass is 280 g/mol. The van der Waals surface area contributed by atoms with Gasteiger partial charge in [0.2, 0.25) is 0 Å². The number of hydrogen-bond donors (Lipinski definition) is 0. The van der Waals surface area contributed by atoms with Crippen molar-refractivity contribution in [2.45, 2.75) is 18.9 Å². The fraction of sp³-hybridized carbons (Fsp3) is 0.278. The molecule has 0 N–H and O–H groups in total. The van der Waals surface area contributed by atoms with E-state index in [2.05, 4.69) is 29.2 Å². The first-order chi connectivity index (χ1) is 10.2. The average Bonchev–Trinajstić information content (AvgIpc) is 2.96. The van der Waals surface area contributed by atoms with E-state index in [0.717, 1.165) is 25.1 Å². The Morgan fingerprint density at radius 1 is 1.19 bits per heavy atom. The predicted octanol–water partition coefficient (Wildman–Crippen LogP) is 3.69. The lowest BCUT2D eigenvalue weighted by Crippen LogP contribution is -2.19. The zero-order valence-electron chi connectivity index (χ0n) is 11.8. The summed E-state index contributed by atoms with van der Waals surface area (Å²) in [6.07, 6.45) is 1.13. The molecule has 2 nitrogen and oxygen atoms in total. The van der Waals surface area contributed by atoms with Gasteiger partial charge in [-0.25, -0.2) is 4.39 Å². The molecular weight excluding hydrogens is 263 g/mol. The molecule has 0 aromatic heterocycles. The Balaban J connectivity index is 1.68. The van der Waals surface area contributed by atoms with Crippen LogP contribution < -0.4 is 0 Å². The Kier molecular flexibility index (Phi) is 3.98. The van der Waals surface area contributed by atoms with E-state index in [1.807, 2.05) is 12.1 Å². The number of hydrogen-bond acceptors (Lipinski definition) is 2. The van der Waals surface area contributed by atoms with Gasteiger partial charge in [0.15, 0.2) is 0 Å². The molecule has 0 radical (unpaired) electrons. The van der Waals surface area contributed by atoms with Crippen LogP contribution in [0.3, 0.4) is 0 Å². The largest absolute Gasteiger partial charge is 0.298 e. The molecule has 1 aliphatic rings.